The smallest absolute Gasteiger partial charge is 0.291 e. The lowest BCUT2D eigenvalue weighted by Gasteiger charge is -2.06. The van der Waals surface area contributed by atoms with Gasteiger partial charge < -0.3 is 4.57 Å². The minimum absolute atomic E-state index is 0.108. The van der Waals surface area contributed by atoms with Gasteiger partial charge in [-0.2, -0.15) is 10.2 Å². The SMILES string of the molecule is Cc1nc2c(s1)c1cnn(Cc3cccc4[nH]ncc34)c(=O)c1n2C. The van der Waals surface area contributed by atoms with E-state index in [2.05, 4.69) is 20.3 Å². The summed E-state index contributed by atoms with van der Waals surface area (Å²) < 4.78 is 4.39. The Kier molecular flexibility index (Phi) is 2.87. The van der Waals surface area contributed by atoms with Crippen molar-refractivity contribution in [1.82, 2.24) is 29.5 Å². The first-order valence-corrected chi connectivity index (χ1v) is 8.68. The molecule has 0 aliphatic carbocycles. The minimum atomic E-state index is -0.108. The van der Waals surface area contributed by atoms with Crippen molar-refractivity contribution in [2.75, 3.05) is 0 Å². The molecule has 5 aromatic rings. The number of rotatable bonds is 2. The highest BCUT2D eigenvalue weighted by Crippen LogP contribution is 2.30. The van der Waals surface area contributed by atoms with Crippen LogP contribution in [0.1, 0.15) is 10.6 Å². The average Bonchev–Trinajstić information content (AvgIpc) is 3.27. The van der Waals surface area contributed by atoms with Crippen molar-refractivity contribution in [3.63, 3.8) is 0 Å². The third-order valence-corrected chi connectivity index (χ3v) is 5.52. The van der Waals surface area contributed by atoms with E-state index in [9.17, 15) is 4.79 Å². The van der Waals surface area contributed by atoms with Crippen molar-refractivity contribution in [3.8, 4) is 0 Å². The van der Waals surface area contributed by atoms with Crippen molar-refractivity contribution < 1.29 is 0 Å². The average molecular weight is 350 g/mol. The van der Waals surface area contributed by atoms with Gasteiger partial charge in [0, 0.05) is 17.8 Å². The summed E-state index contributed by atoms with van der Waals surface area (Å²) in [6.45, 7) is 2.37. The monoisotopic (exact) mass is 350 g/mol. The number of benzene rings is 1. The van der Waals surface area contributed by atoms with Gasteiger partial charge >= 0.3 is 0 Å². The van der Waals surface area contributed by atoms with Gasteiger partial charge in [-0.1, -0.05) is 12.1 Å². The number of hydrogen-bond acceptors (Lipinski definition) is 5. The van der Waals surface area contributed by atoms with Gasteiger partial charge in [-0.25, -0.2) is 9.67 Å². The Hall–Kier alpha value is -3.00. The molecular formula is C17H14N6OS. The van der Waals surface area contributed by atoms with Crippen molar-refractivity contribution >= 4 is 43.5 Å². The van der Waals surface area contributed by atoms with E-state index in [0.717, 1.165) is 37.2 Å². The zero-order valence-corrected chi connectivity index (χ0v) is 14.5. The van der Waals surface area contributed by atoms with Crippen LogP contribution < -0.4 is 5.56 Å². The molecule has 0 saturated heterocycles. The molecule has 8 heteroatoms. The second kappa shape index (κ2) is 5.00. The van der Waals surface area contributed by atoms with Crippen LogP contribution in [0.15, 0.2) is 35.4 Å². The molecule has 4 aromatic heterocycles. The number of hydrogen-bond donors (Lipinski definition) is 1. The Morgan fingerprint density at radius 3 is 3.00 bits per heavy atom. The van der Waals surface area contributed by atoms with E-state index in [0.29, 0.717) is 12.1 Å². The summed E-state index contributed by atoms with van der Waals surface area (Å²) in [6.07, 6.45) is 3.55. The summed E-state index contributed by atoms with van der Waals surface area (Å²) in [7, 11) is 1.88. The lowest BCUT2D eigenvalue weighted by molar-refractivity contribution is 0.647. The molecule has 0 spiro atoms. The summed E-state index contributed by atoms with van der Waals surface area (Å²) in [5, 5.41) is 14.3. The zero-order chi connectivity index (χ0) is 17.1. The fourth-order valence-corrected chi connectivity index (χ4v) is 4.30. The first-order chi connectivity index (χ1) is 12.1. The largest absolute Gasteiger partial charge is 0.323 e. The van der Waals surface area contributed by atoms with Gasteiger partial charge in [-0.3, -0.25) is 9.89 Å². The minimum Gasteiger partial charge on any atom is -0.323 e. The van der Waals surface area contributed by atoms with Gasteiger partial charge in [0.25, 0.3) is 5.56 Å². The molecule has 0 unspecified atom stereocenters. The highest BCUT2D eigenvalue weighted by Gasteiger charge is 2.17. The van der Waals surface area contributed by atoms with Crippen LogP contribution in [0.3, 0.4) is 0 Å². The Balaban J connectivity index is 1.72. The maximum atomic E-state index is 13.0. The number of H-pyrrole nitrogens is 1. The fraction of sp³-hybridized carbons (Fsp3) is 0.176. The lowest BCUT2D eigenvalue weighted by atomic mass is 10.1. The van der Waals surface area contributed by atoms with Crippen molar-refractivity contribution in [2.45, 2.75) is 13.5 Å². The van der Waals surface area contributed by atoms with Gasteiger partial charge in [-0.05, 0) is 18.6 Å². The van der Waals surface area contributed by atoms with Gasteiger partial charge in [0.2, 0.25) is 0 Å². The topological polar surface area (TPSA) is 81.4 Å². The molecule has 0 saturated carbocycles. The van der Waals surface area contributed by atoms with E-state index in [1.807, 2.05) is 36.7 Å². The molecule has 1 N–H and O–H groups in total. The summed E-state index contributed by atoms with van der Waals surface area (Å²) >= 11 is 1.59. The highest BCUT2D eigenvalue weighted by molar-refractivity contribution is 7.19. The normalized spacial score (nSPS) is 11.9. The first kappa shape index (κ1) is 14.4. The molecule has 0 radical (unpaired) electrons. The number of aromatic amines is 1. The number of aryl methyl sites for hydroxylation is 2. The molecule has 0 atom stereocenters. The molecule has 5 rings (SSSR count). The van der Waals surface area contributed by atoms with Gasteiger partial charge in [0.1, 0.15) is 5.52 Å². The van der Waals surface area contributed by atoms with E-state index in [-0.39, 0.29) is 5.56 Å². The summed E-state index contributed by atoms with van der Waals surface area (Å²) in [4.78, 5) is 17.5. The summed E-state index contributed by atoms with van der Waals surface area (Å²) in [6, 6.07) is 5.90. The quantitative estimate of drug-likeness (QED) is 0.530. The molecule has 7 nitrogen and oxygen atoms in total. The molecular weight excluding hydrogens is 336 g/mol. The van der Waals surface area contributed by atoms with Gasteiger partial charge in [0.15, 0.2) is 5.65 Å². The molecule has 0 bridgehead atoms. The number of fused-ring (bicyclic) bond motifs is 4. The molecule has 1 aromatic carbocycles. The van der Waals surface area contributed by atoms with Crippen LogP contribution in [0.2, 0.25) is 0 Å². The Morgan fingerprint density at radius 2 is 2.12 bits per heavy atom. The number of aromatic nitrogens is 6. The van der Waals surface area contributed by atoms with E-state index in [1.54, 1.807) is 23.7 Å². The van der Waals surface area contributed by atoms with Crippen molar-refractivity contribution in [3.05, 3.63) is 51.5 Å². The van der Waals surface area contributed by atoms with Crippen LogP contribution in [-0.2, 0) is 13.6 Å². The summed E-state index contributed by atoms with van der Waals surface area (Å²) in [5.74, 6) is 0. The van der Waals surface area contributed by atoms with Crippen LogP contribution in [0.4, 0.5) is 0 Å². The van der Waals surface area contributed by atoms with Crippen LogP contribution in [0.5, 0.6) is 0 Å². The Labute approximate surface area is 145 Å². The molecule has 0 fully saturated rings. The van der Waals surface area contributed by atoms with Crippen LogP contribution in [0.25, 0.3) is 32.2 Å². The van der Waals surface area contributed by atoms with Crippen LogP contribution in [-0.4, -0.2) is 29.5 Å². The number of nitrogens with zero attached hydrogens (tertiary/aromatic N) is 5. The second-order valence-electron chi connectivity index (χ2n) is 6.06. The Morgan fingerprint density at radius 1 is 1.24 bits per heavy atom. The lowest BCUT2D eigenvalue weighted by Crippen LogP contribution is -2.24. The summed E-state index contributed by atoms with van der Waals surface area (Å²) in [5.41, 5.74) is 3.33. The fourth-order valence-electron chi connectivity index (χ4n) is 3.33. The van der Waals surface area contributed by atoms with E-state index < -0.39 is 0 Å². The third-order valence-electron chi connectivity index (χ3n) is 4.53. The van der Waals surface area contributed by atoms with Gasteiger partial charge in [-0.15, -0.1) is 11.3 Å². The molecule has 0 amide bonds. The predicted octanol–water partition coefficient (Wildman–Crippen LogP) is 2.58. The Bertz CT molecular complexity index is 1320. The highest BCUT2D eigenvalue weighted by atomic mass is 32.1. The van der Waals surface area contributed by atoms with E-state index in [4.69, 9.17) is 0 Å². The standard InChI is InChI=1S/C17H14N6OS/c1-9-20-16-15(25-9)12-7-19-23(17(24)14(12)22(16)2)8-10-4-3-5-13-11(10)6-18-21-13/h3-7H,8H2,1-2H3,(H,18,21). The van der Waals surface area contributed by atoms with Crippen LogP contribution in [0, 0.1) is 6.92 Å². The number of thiazole rings is 1. The van der Waals surface area contributed by atoms with E-state index in [1.165, 1.54) is 4.68 Å². The molecule has 25 heavy (non-hydrogen) atoms. The molecule has 0 aliphatic heterocycles. The third kappa shape index (κ3) is 1.97. The van der Waals surface area contributed by atoms with Crippen molar-refractivity contribution in [1.29, 1.82) is 0 Å². The predicted molar refractivity (Wildman–Crippen MR) is 98.1 cm³/mol. The maximum absolute atomic E-state index is 13.0. The first-order valence-electron chi connectivity index (χ1n) is 7.86. The zero-order valence-electron chi connectivity index (χ0n) is 13.6. The molecule has 0 aliphatic rings. The number of nitrogens with one attached hydrogen (secondary N) is 1. The van der Waals surface area contributed by atoms with Crippen LogP contribution >= 0.6 is 11.3 Å². The molecule has 4 heterocycles. The molecule has 124 valence electrons. The van der Waals surface area contributed by atoms with Crippen molar-refractivity contribution in [2.24, 2.45) is 7.05 Å². The van der Waals surface area contributed by atoms with E-state index >= 15 is 0 Å². The van der Waals surface area contributed by atoms with Gasteiger partial charge in [0.05, 0.1) is 34.2 Å². The second-order valence-corrected chi connectivity index (χ2v) is 7.27. The maximum Gasteiger partial charge on any atom is 0.291 e.